The number of para-hydroxylation sites is 1. The Hall–Kier alpha value is -2.17. The molecule has 0 aliphatic rings. The maximum atomic E-state index is 11.9. The minimum absolute atomic E-state index is 0.0692. The summed E-state index contributed by atoms with van der Waals surface area (Å²) in [5.74, 6) is -0.512. The minimum atomic E-state index is -0.582. The molecule has 0 unspecified atom stereocenters. The molecule has 0 aliphatic carbocycles. The van der Waals surface area contributed by atoms with Crippen LogP contribution in [0.5, 0.6) is 0 Å². The molecule has 0 saturated carbocycles. The van der Waals surface area contributed by atoms with Gasteiger partial charge in [0, 0.05) is 10.4 Å². The van der Waals surface area contributed by atoms with Crippen LogP contribution in [0.4, 0.5) is 11.4 Å². The van der Waals surface area contributed by atoms with Crippen LogP contribution in [0, 0.1) is 0 Å². The molecule has 0 amide bonds. The number of hydrogen-bond acceptors (Lipinski definition) is 4. The smallest absolute Gasteiger partial charge is 0.376 e. The van der Waals surface area contributed by atoms with Gasteiger partial charge in [0.2, 0.25) is 5.76 Å². The molecule has 3 rings (SSSR count). The zero-order valence-corrected chi connectivity index (χ0v) is 13.0. The Kier molecular flexibility index (Phi) is 3.96. The van der Waals surface area contributed by atoms with E-state index in [0.717, 1.165) is 0 Å². The third-order valence-corrected chi connectivity index (χ3v) is 3.72. The maximum Gasteiger partial charge on any atom is 0.376 e. The van der Waals surface area contributed by atoms with Gasteiger partial charge in [0.25, 0.3) is 0 Å². The SMILES string of the molecule is COC(=O)c1oc2ccc(Cl)cc2c1Nc1ccccc1Cl. The van der Waals surface area contributed by atoms with Gasteiger partial charge in [0.1, 0.15) is 11.3 Å². The van der Waals surface area contributed by atoms with Crippen LogP contribution in [-0.4, -0.2) is 13.1 Å². The molecule has 112 valence electrons. The fourth-order valence-corrected chi connectivity index (χ4v) is 2.48. The molecule has 1 N–H and O–H groups in total. The normalized spacial score (nSPS) is 10.7. The zero-order valence-electron chi connectivity index (χ0n) is 11.5. The Bertz CT molecular complexity index is 858. The first-order valence-electron chi connectivity index (χ1n) is 6.42. The quantitative estimate of drug-likeness (QED) is 0.662. The van der Waals surface area contributed by atoms with Crippen molar-refractivity contribution >= 4 is 51.5 Å². The van der Waals surface area contributed by atoms with Crippen LogP contribution in [0.2, 0.25) is 10.0 Å². The van der Waals surface area contributed by atoms with Crippen molar-refractivity contribution in [2.45, 2.75) is 0 Å². The van der Waals surface area contributed by atoms with Gasteiger partial charge in [-0.3, -0.25) is 0 Å². The summed E-state index contributed by atoms with van der Waals surface area (Å²) in [6.07, 6.45) is 0. The van der Waals surface area contributed by atoms with Gasteiger partial charge in [-0.15, -0.1) is 0 Å². The Morgan fingerprint density at radius 3 is 2.68 bits per heavy atom. The molecule has 6 heteroatoms. The lowest BCUT2D eigenvalue weighted by Crippen LogP contribution is -2.03. The molecule has 0 saturated heterocycles. The lowest BCUT2D eigenvalue weighted by Gasteiger charge is -2.08. The number of furan rings is 1. The van der Waals surface area contributed by atoms with Crippen molar-refractivity contribution < 1.29 is 13.9 Å². The molecule has 4 nitrogen and oxygen atoms in total. The van der Waals surface area contributed by atoms with E-state index in [1.54, 1.807) is 30.3 Å². The number of halogens is 2. The summed E-state index contributed by atoms with van der Waals surface area (Å²) in [7, 11) is 1.29. The molecule has 0 radical (unpaired) electrons. The molecule has 2 aromatic carbocycles. The van der Waals surface area contributed by atoms with Crippen LogP contribution < -0.4 is 5.32 Å². The summed E-state index contributed by atoms with van der Waals surface area (Å²) in [5.41, 5.74) is 1.65. The zero-order chi connectivity index (χ0) is 15.7. The number of carbonyl (C=O) groups excluding carboxylic acids is 1. The Labute approximate surface area is 136 Å². The molecule has 3 aromatic rings. The summed E-state index contributed by atoms with van der Waals surface area (Å²) in [5, 5.41) is 4.85. The van der Waals surface area contributed by atoms with Crippen LogP contribution in [0.3, 0.4) is 0 Å². The Balaban J connectivity index is 2.19. The highest BCUT2D eigenvalue weighted by molar-refractivity contribution is 6.33. The highest BCUT2D eigenvalue weighted by Crippen LogP contribution is 2.36. The maximum absolute atomic E-state index is 11.9. The lowest BCUT2D eigenvalue weighted by molar-refractivity contribution is 0.0569. The summed E-state index contributed by atoms with van der Waals surface area (Å²) in [6, 6.07) is 12.3. The van der Waals surface area contributed by atoms with E-state index in [2.05, 4.69) is 5.32 Å². The topological polar surface area (TPSA) is 51.5 Å². The third kappa shape index (κ3) is 2.63. The monoisotopic (exact) mass is 335 g/mol. The highest BCUT2D eigenvalue weighted by Gasteiger charge is 2.22. The van der Waals surface area contributed by atoms with E-state index in [1.165, 1.54) is 7.11 Å². The predicted molar refractivity (Wildman–Crippen MR) is 87.3 cm³/mol. The molecular weight excluding hydrogens is 325 g/mol. The third-order valence-electron chi connectivity index (χ3n) is 3.15. The van der Waals surface area contributed by atoms with Crippen molar-refractivity contribution in [1.29, 1.82) is 0 Å². The van der Waals surface area contributed by atoms with Gasteiger partial charge in [0.05, 0.1) is 17.8 Å². The Morgan fingerprint density at radius 1 is 1.18 bits per heavy atom. The lowest BCUT2D eigenvalue weighted by atomic mass is 10.2. The number of hydrogen-bond donors (Lipinski definition) is 1. The number of fused-ring (bicyclic) bond motifs is 1. The second kappa shape index (κ2) is 5.91. The molecule has 0 spiro atoms. The van der Waals surface area contributed by atoms with Gasteiger partial charge in [-0.1, -0.05) is 35.3 Å². The van der Waals surface area contributed by atoms with Crippen LogP contribution in [0.25, 0.3) is 11.0 Å². The predicted octanol–water partition coefficient (Wildman–Crippen LogP) is 5.27. The number of rotatable bonds is 3. The number of nitrogens with one attached hydrogen (secondary N) is 1. The van der Waals surface area contributed by atoms with Gasteiger partial charge in [-0.05, 0) is 30.3 Å². The van der Waals surface area contributed by atoms with Crippen LogP contribution in [0.1, 0.15) is 10.6 Å². The van der Waals surface area contributed by atoms with Crippen molar-refractivity contribution in [2.24, 2.45) is 0 Å². The first kappa shape index (κ1) is 14.8. The van der Waals surface area contributed by atoms with Crippen LogP contribution in [-0.2, 0) is 4.74 Å². The van der Waals surface area contributed by atoms with Gasteiger partial charge >= 0.3 is 5.97 Å². The second-order valence-electron chi connectivity index (χ2n) is 4.54. The number of anilines is 2. The van der Waals surface area contributed by atoms with Crippen LogP contribution >= 0.6 is 23.2 Å². The molecule has 1 heterocycles. The van der Waals surface area contributed by atoms with E-state index in [9.17, 15) is 4.79 Å². The number of esters is 1. The van der Waals surface area contributed by atoms with Crippen molar-refractivity contribution in [2.75, 3.05) is 12.4 Å². The first-order valence-corrected chi connectivity index (χ1v) is 7.17. The van der Waals surface area contributed by atoms with Crippen molar-refractivity contribution in [3.05, 3.63) is 58.3 Å². The van der Waals surface area contributed by atoms with Gasteiger partial charge in [-0.25, -0.2) is 4.79 Å². The van der Waals surface area contributed by atoms with Crippen molar-refractivity contribution in [1.82, 2.24) is 0 Å². The second-order valence-corrected chi connectivity index (χ2v) is 5.39. The van der Waals surface area contributed by atoms with E-state index in [1.807, 2.05) is 12.1 Å². The molecular formula is C16H11Cl2NO3. The van der Waals surface area contributed by atoms with Crippen LogP contribution in [0.15, 0.2) is 46.9 Å². The number of methoxy groups -OCH3 is 1. The number of benzene rings is 2. The summed E-state index contributed by atoms with van der Waals surface area (Å²) >= 11 is 12.2. The largest absolute Gasteiger partial charge is 0.463 e. The van der Waals surface area contributed by atoms with E-state index in [-0.39, 0.29) is 5.76 Å². The van der Waals surface area contributed by atoms with E-state index >= 15 is 0 Å². The number of ether oxygens (including phenoxy) is 1. The van der Waals surface area contributed by atoms with Gasteiger partial charge < -0.3 is 14.5 Å². The van der Waals surface area contributed by atoms with Crippen molar-refractivity contribution in [3.8, 4) is 0 Å². The molecule has 22 heavy (non-hydrogen) atoms. The van der Waals surface area contributed by atoms with E-state index in [0.29, 0.717) is 32.4 Å². The summed E-state index contributed by atoms with van der Waals surface area (Å²) in [6.45, 7) is 0. The molecule has 1 aromatic heterocycles. The average molecular weight is 336 g/mol. The standard InChI is InChI=1S/C16H11Cl2NO3/c1-21-16(20)15-14(19-12-5-3-2-4-11(12)18)10-8-9(17)6-7-13(10)22-15/h2-8,19H,1H3. The van der Waals surface area contributed by atoms with Gasteiger partial charge in [-0.2, -0.15) is 0 Å². The molecule has 0 atom stereocenters. The van der Waals surface area contributed by atoms with Gasteiger partial charge in [0.15, 0.2) is 0 Å². The fraction of sp³-hybridized carbons (Fsp3) is 0.0625. The van der Waals surface area contributed by atoms with E-state index < -0.39 is 5.97 Å². The average Bonchev–Trinajstić information content (AvgIpc) is 2.87. The minimum Gasteiger partial charge on any atom is -0.463 e. The molecule has 0 fully saturated rings. The molecule has 0 bridgehead atoms. The van der Waals surface area contributed by atoms with Crippen molar-refractivity contribution in [3.63, 3.8) is 0 Å². The number of carbonyl (C=O) groups is 1. The fourth-order valence-electron chi connectivity index (χ4n) is 2.13. The summed E-state index contributed by atoms with van der Waals surface area (Å²) in [4.78, 5) is 11.9. The molecule has 0 aliphatic heterocycles. The Morgan fingerprint density at radius 2 is 1.95 bits per heavy atom. The first-order chi connectivity index (χ1) is 10.6. The summed E-state index contributed by atoms with van der Waals surface area (Å²) < 4.78 is 10.3. The van der Waals surface area contributed by atoms with E-state index in [4.69, 9.17) is 32.4 Å². The highest BCUT2D eigenvalue weighted by atomic mass is 35.5.